The third kappa shape index (κ3) is 2.09. The van der Waals surface area contributed by atoms with Crippen LogP contribution in [0.5, 0.6) is 0 Å². The van der Waals surface area contributed by atoms with Gasteiger partial charge < -0.3 is 4.98 Å². The molecule has 0 radical (unpaired) electrons. The molecule has 0 aliphatic rings. The fourth-order valence-electron chi connectivity index (χ4n) is 2.65. The van der Waals surface area contributed by atoms with E-state index in [1.165, 1.54) is 0 Å². The minimum atomic E-state index is 0.640. The third-order valence-corrected chi connectivity index (χ3v) is 3.97. The third-order valence-electron chi connectivity index (χ3n) is 3.74. The van der Waals surface area contributed by atoms with Crippen molar-refractivity contribution < 1.29 is 5.21 Å². The maximum Gasteiger partial charge on any atom is 0.0731 e. The SMILES string of the molecule is ONc1ccc2[nH]cc(-c3ccc4cc(Cl)ccc4n3)c2c1. The normalized spacial score (nSPS) is 11.2. The second-order valence-corrected chi connectivity index (χ2v) is 5.54. The monoisotopic (exact) mass is 309 g/mol. The molecule has 0 aliphatic carbocycles. The molecule has 4 nitrogen and oxygen atoms in total. The molecule has 2 aromatic carbocycles. The Balaban J connectivity index is 1.92. The number of H-pyrrole nitrogens is 1. The number of fused-ring (bicyclic) bond motifs is 2. The van der Waals surface area contributed by atoms with Crippen LogP contribution in [0.4, 0.5) is 5.69 Å². The summed E-state index contributed by atoms with van der Waals surface area (Å²) >= 11 is 6.01. The lowest BCUT2D eigenvalue weighted by Crippen LogP contribution is -1.88. The highest BCUT2D eigenvalue weighted by molar-refractivity contribution is 6.31. The number of aromatic nitrogens is 2. The first kappa shape index (κ1) is 13.1. The second kappa shape index (κ2) is 5.02. The Morgan fingerprint density at radius 3 is 2.82 bits per heavy atom. The zero-order valence-electron chi connectivity index (χ0n) is 11.5. The van der Waals surface area contributed by atoms with Gasteiger partial charge >= 0.3 is 0 Å². The highest BCUT2D eigenvalue weighted by Crippen LogP contribution is 2.30. The molecule has 22 heavy (non-hydrogen) atoms. The summed E-state index contributed by atoms with van der Waals surface area (Å²) < 4.78 is 0. The van der Waals surface area contributed by atoms with Gasteiger partial charge in [-0.05, 0) is 42.5 Å². The summed E-state index contributed by atoms with van der Waals surface area (Å²) in [6.07, 6.45) is 1.93. The highest BCUT2D eigenvalue weighted by Gasteiger charge is 2.09. The number of anilines is 1. The van der Waals surface area contributed by atoms with E-state index in [0.29, 0.717) is 10.7 Å². The van der Waals surface area contributed by atoms with Crippen LogP contribution in [0, 0.1) is 0 Å². The molecule has 3 N–H and O–H groups in total. The Bertz CT molecular complexity index is 994. The van der Waals surface area contributed by atoms with Gasteiger partial charge in [-0.1, -0.05) is 17.7 Å². The number of halogens is 1. The van der Waals surface area contributed by atoms with Crippen LogP contribution in [0.2, 0.25) is 5.02 Å². The van der Waals surface area contributed by atoms with Crippen LogP contribution in [0.3, 0.4) is 0 Å². The molecular formula is C17H12ClN3O. The fraction of sp³-hybridized carbons (Fsp3) is 0. The maximum absolute atomic E-state index is 9.08. The molecule has 0 aliphatic heterocycles. The number of hydrogen-bond acceptors (Lipinski definition) is 3. The summed E-state index contributed by atoms with van der Waals surface area (Å²) in [5.41, 5.74) is 6.56. The van der Waals surface area contributed by atoms with Gasteiger partial charge in [0.05, 0.1) is 16.9 Å². The summed E-state index contributed by atoms with van der Waals surface area (Å²) in [6.45, 7) is 0. The molecule has 0 spiro atoms. The molecule has 0 unspecified atom stereocenters. The minimum Gasteiger partial charge on any atom is -0.360 e. The van der Waals surface area contributed by atoms with Crippen LogP contribution in [-0.4, -0.2) is 15.2 Å². The first-order valence-corrected chi connectivity index (χ1v) is 7.20. The number of pyridine rings is 1. The van der Waals surface area contributed by atoms with E-state index in [0.717, 1.165) is 33.1 Å². The van der Waals surface area contributed by atoms with Gasteiger partial charge in [-0.25, -0.2) is 4.98 Å². The zero-order chi connectivity index (χ0) is 15.1. The van der Waals surface area contributed by atoms with E-state index >= 15 is 0 Å². The number of aromatic amines is 1. The van der Waals surface area contributed by atoms with Gasteiger partial charge in [0.25, 0.3) is 0 Å². The van der Waals surface area contributed by atoms with E-state index in [-0.39, 0.29) is 0 Å². The number of nitrogens with one attached hydrogen (secondary N) is 2. The van der Waals surface area contributed by atoms with Crippen molar-refractivity contribution in [1.29, 1.82) is 0 Å². The average Bonchev–Trinajstić information content (AvgIpc) is 2.97. The van der Waals surface area contributed by atoms with Crippen LogP contribution < -0.4 is 5.48 Å². The topological polar surface area (TPSA) is 60.9 Å². The van der Waals surface area contributed by atoms with Gasteiger partial charge in [-0.3, -0.25) is 10.7 Å². The van der Waals surface area contributed by atoms with E-state index in [2.05, 4.69) is 10.5 Å². The number of benzene rings is 2. The summed E-state index contributed by atoms with van der Waals surface area (Å²) in [7, 11) is 0. The Morgan fingerprint density at radius 2 is 1.95 bits per heavy atom. The predicted octanol–water partition coefficient (Wildman–Crippen LogP) is 4.84. The molecule has 0 bridgehead atoms. The summed E-state index contributed by atoms with van der Waals surface area (Å²) in [6, 6.07) is 15.2. The minimum absolute atomic E-state index is 0.640. The van der Waals surface area contributed by atoms with Gasteiger partial charge in [0, 0.05) is 33.1 Å². The lowest BCUT2D eigenvalue weighted by atomic mass is 10.1. The van der Waals surface area contributed by atoms with E-state index in [9.17, 15) is 0 Å². The summed E-state index contributed by atoms with van der Waals surface area (Å²) in [5.74, 6) is 0. The smallest absolute Gasteiger partial charge is 0.0731 e. The molecule has 0 saturated carbocycles. The van der Waals surface area contributed by atoms with Crippen molar-refractivity contribution in [2.45, 2.75) is 0 Å². The second-order valence-electron chi connectivity index (χ2n) is 5.11. The molecule has 0 amide bonds. The van der Waals surface area contributed by atoms with Crippen LogP contribution in [0.25, 0.3) is 33.1 Å². The first-order chi connectivity index (χ1) is 10.7. The largest absolute Gasteiger partial charge is 0.360 e. The van der Waals surface area contributed by atoms with Crippen LogP contribution in [-0.2, 0) is 0 Å². The average molecular weight is 310 g/mol. The molecule has 0 fully saturated rings. The summed E-state index contributed by atoms with van der Waals surface area (Å²) in [5, 5.41) is 11.8. The lowest BCUT2D eigenvalue weighted by molar-refractivity contribution is 0.389. The molecule has 0 saturated heterocycles. The molecule has 0 atom stereocenters. The number of hydrogen-bond donors (Lipinski definition) is 3. The van der Waals surface area contributed by atoms with Gasteiger partial charge in [0.2, 0.25) is 0 Å². The number of rotatable bonds is 2. The zero-order valence-corrected chi connectivity index (χ0v) is 12.2. The van der Waals surface area contributed by atoms with Gasteiger partial charge in [-0.15, -0.1) is 0 Å². The van der Waals surface area contributed by atoms with E-state index in [4.69, 9.17) is 21.8 Å². The first-order valence-electron chi connectivity index (χ1n) is 6.82. The maximum atomic E-state index is 9.08. The van der Waals surface area contributed by atoms with Gasteiger partial charge in [0.1, 0.15) is 0 Å². The van der Waals surface area contributed by atoms with Crippen molar-refractivity contribution >= 4 is 39.1 Å². The molecular weight excluding hydrogens is 298 g/mol. The Morgan fingerprint density at radius 1 is 1.05 bits per heavy atom. The quantitative estimate of drug-likeness (QED) is 0.464. The van der Waals surface area contributed by atoms with E-state index < -0.39 is 0 Å². The van der Waals surface area contributed by atoms with E-state index in [1.807, 2.05) is 48.7 Å². The number of nitrogens with zero attached hydrogens (tertiary/aromatic N) is 1. The van der Waals surface area contributed by atoms with Crippen molar-refractivity contribution in [3.63, 3.8) is 0 Å². The highest BCUT2D eigenvalue weighted by atomic mass is 35.5. The standard InChI is InChI=1S/C17H12ClN3O/c18-11-2-5-15-10(7-11)1-4-17(20-15)14-9-19-16-6-3-12(21-22)8-13(14)16/h1-9,19,21-22H. The molecule has 5 heteroatoms. The Labute approximate surface area is 131 Å². The Hall–Kier alpha value is -2.56. The van der Waals surface area contributed by atoms with Crippen LogP contribution >= 0.6 is 11.6 Å². The molecule has 108 valence electrons. The molecule has 2 aromatic heterocycles. The molecule has 2 heterocycles. The van der Waals surface area contributed by atoms with Crippen molar-refractivity contribution in [2.24, 2.45) is 0 Å². The summed E-state index contributed by atoms with van der Waals surface area (Å²) in [4.78, 5) is 7.93. The van der Waals surface area contributed by atoms with Gasteiger partial charge in [-0.2, -0.15) is 0 Å². The Kier molecular flexibility index (Phi) is 2.99. The fourth-order valence-corrected chi connectivity index (χ4v) is 2.83. The predicted molar refractivity (Wildman–Crippen MR) is 89.5 cm³/mol. The van der Waals surface area contributed by atoms with Crippen LogP contribution in [0.1, 0.15) is 0 Å². The van der Waals surface area contributed by atoms with Crippen molar-refractivity contribution in [2.75, 3.05) is 5.48 Å². The molecule has 4 rings (SSSR count). The van der Waals surface area contributed by atoms with Crippen molar-refractivity contribution in [3.05, 3.63) is 59.8 Å². The van der Waals surface area contributed by atoms with Crippen molar-refractivity contribution in [1.82, 2.24) is 9.97 Å². The lowest BCUT2D eigenvalue weighted by Gasteiger charge is -2.04. The van der Waals surface area contributed by atoms with Gasteiger partial charge in [0.15, 0.2) is 0 Å². The van der Waals surface area contributed by atoms with Crippen LogP contribution in [0.15, 0.2) is 54.7 Å². The molecule has 4 aromatic rings. The van der Waals surface area contributed by atoms with Crippen molar-refractivity contribution in [3.8, 4) is 11.3 Å². The van der Waals surface area contributed by atoms with E-state index in [1.54, 1.807) is 6.07 Å².